The van der Waals surface area contributed by atoms with Crippen molar-refractivity contribution < 1.29 is 9.90 Å². The fraction of sp³-hybridized carbons (Fsp3) is 0.182. The van der Waals surface area contributed by atoms with Crippen molar-refractivity contribution >= 4 is 23.4 Å². The zero-order valence-corrected chi connectivity index (χ0v) is 8.88. The molecule has 0 aliphatic heterocycles. The van der Waals surface area contributed by atoms with Crippen LogP contribution in [0.3, 0.4) is 0 Å². The monoisotopic (exact) mass is 221 g/mol. The maximum atomic E-state index is 10.3. The Hall–Kier alpha value is -1.57. The Morgan fingerprint density at radius 2 is 2.47 bits per heavy atom. The van der Waals surface area contributed by atoms with Crippen LogP contribution in [-0.4, -0.2) is 17.6 Å². The first-order chi connectivity index (χ1) is 7.22. The number of nitrogens with two attached hydrogens (primary N) is 1. The highest BCUT2D eigenvalue weighted by Crippen LogP contribution is 2.15. The molecule has 1 heterocycles. The summed E-state index contributed by atoms with van der Waals surface area (Å²) in [5.41, 5.74) is 6.20. The fourth-order valence-electron chi connectivity index (χ4n) is 0.896. The van der Waals surface area contributed by atoms with Crippen LogP contribution in [0.1, 0.15) is 16.9 Å². The number of carbonyl (C=O) groups is 1. The van der Waals surface area contributed by atoms with E-state index in [4.69, 9.17) is 10.8 Å². The molecule has 3 N–H and O–H groups in total. The molecule has 0 saturated heterocycles. The van der Waals surface area contributed by atoms with E-state index < -0.39 is 5.97 Å². The van der Waals surface area contributed by atoms with E-state index in [-0.39, 0.29) is 0 Å². The maximum Gasteiger partial charge on any atom is 0.328 e. The SMILES string of the molecule is NCCC#Cc1csc(/C=C/C(=O)O)c1. The first-order valence-corrected chi connectivity index (χ1v) is 5.29. The topological polar surface area (TPSA) is 63.3 Å². The molecule has 0 spiro atoms. The summed E-state index contributed by atoms with van der Waals surface area (Å²) in [6.45, 7) is 0.558. The maximum absolute atomic E-state index is 10.3. The van der Waals surface area contributed by atoms with Crippen LogP contribution in [0.2, 0.25) is 0 Å². The van der Waals surface area contributed by atoms with E-state index in [1.807, 2.05) is 11.4 Å². The highest BCUT2D eigenvalue weighted by Gasteiger charge is 1.94. The summed E-state index contributed by atoms with van der Waals surface area (Å²) in [6.07, 6.45) is 3.35. The summed E-state index contributed by atoms with van der Waals surface area (Å²) in [5, 5.41) is 10.3. The van der Waals surface area contributed by atoms with Crippen molar-refractivity contribution in [3.8, 4) is 11.8 Å². The van der Waals surface area contributed by atoms with Crippen molar-refractivity contribution in [3.05, 3.63) is 28.0 Å². The molecule has 0 saturated carbocycles. The van der Waals surface area contributed by atoms with E-state index in [0.29, 0.717) is 13.0 Å². The van der Waals surface area contributed by atoms with Gasteiger partial charge in [0, 0.05) is 34.9 Å². The van der Waals surface area contributed by atoms with Gasteiger partial charge in [-0.05, 0) is 12.1 Å². The van der Waals surface area contributed by atoms with Gasteiger partial charge in [0.1, 0.15) is 0 Å². The number of hydrogen-bond donors (Lipinski definition) is 2. The quantitative estimate of drug-likeness (QED) is 0.601. The molecule has 3 nitrogen and oxygen atoms in total. The molecule has 15 heavy (non-hydrogen) atoms. The molecule has 0 unspecified atom stereocenters. The molecule has 1 aromatic heterocycles. The van der Waals surface area contributed by atoms with Crippen molar-refractivity contribution in [1.82, 2.24) is 0 Å². The fourth-order valence-corrected chi connectivity index (χ4v) is 1.63. The van der Waals surface area contributed by atoms with Gasteiger partial charge < -0.3 is 10.8 Å². The van der Waals surface area contributed by atoms with Crippen LogP contribution in [0, 0.1) is 11.8 Å². The van der Waals surface area contributed by atoms with Gasteiger partial charge in [-0.2, -0.15) is 0 Å². The molecule has 0 aromatic carbocycles. The Morgan fingerprint density at radius 1 is 1.67 bits per heavy atom. The average Bonchev–Trinajstić information content (AvgIpc) is 2.63. The minimum atomic E-state index is -0.945. The number of rotatable bonds is 3. The minimum absolute atomic E-state index is 0.558. The molecule has 0 aliphatic carbocycles. The Bertz CT molecular complexity index is 423. The third-order valence-electron chi connectivity index (χ3n) is 1.51. The molecule has 0 amide bonds. The number of aliphatic carboxylic acids is 1. The zero-order chi connectivity index (χ0) is 11.1. The smallest absolute Gasteiger partial charge is 0.328 e. The lowest BCUT2D eigenvalue weighted by Gasteiger charge is -1.80. The highest BCUT2D eigenvalue weighted by molar-refractivity contribution is 7.11. The van der Waals surface area contributed by atoms with Crippen LogP contribution in [0.4, 0.5) is 0 Å². The normalized spacial score (nSPS) is 9.93. The van der Waals surface area contributed by atoms with E-state index in [1.54, 1.807) is 6.08 Å². The van der Waals surface area contributed by atoms with E-state index in [2.05, 4.69) is 11.8 Å². The predicted molar refractivity (Wildman–Crippen MR) is 61.5 cm³/mol. The molecule has 0 radical (unpaired) electrons. The first kappa shape index (κ1) is 11.5. The predicted octanol–water partition coefficient (Wildman–Crippen LogP) is 1.55. The second-order valence-corrected chi connectivity index (χ2v) is 3.69. The van der Waals surface area contributed by atoms with E-state index >= 15 is 0 Å². The third kappa shape index (κ3) is 4.45. The van der Waals surface area contributed by atoms with E-state index in [1.165, 1.54) is 11.3 Å². The summed E-state index contributed by atoms with van der Waals surface area (Å²) in [7, 11) is 0. The molecule has 4 heteroatoms. The Balaban J connectivity index is 2.65. The van der Waals surface area contributed by atoms with Gasteiger partial charge in [0.2, 0.25) is 0 Å². The van der Waals surface area contributed by atoms with Crippen LogP contribution in [0.25, 0.3) is 6.08 Å². The van der Waals surface area contributed by atoms with Crippen LogP contribution in [-0.2, 0) is 4.79 Å². The van der Waals surface area contributed by atoms with Crippen LogP contribution >= 0.6 is 11.3 Å². The first-order valence-electron chi connectivity index (χ1n) is 4.41. The molecule has 0 fully saturated rings. The average molecular weight is 221 g/mol. The molecule has 1 aromatic rings. The number of hydrogen-bond acceptors (Lipinski definition) is 3. The van der Waals surface area contributed by atoms with Crippen LogP contribution in [0.15, 0.2) is 17.5 Å². The van der Waals surface area contributed by atoms with Crippen molar-refractivity contribution in [3.63, 3.8) is 0 Å². The largest absolute Gasteiger partial charge is 0.478 e. The van der Waals surface area contributed by atoms with Gasteiger partial charge in [-0.1, -0.05) is 11.8 Å². The Morgan fingerprint density at radius 3 is 3.13 bits per heavy atom. The third-order valence-corrected chi connectivity index (χ3v) is 2.41. The van der Waals surface area contributed by atoms with Crippen LogP contribution < -0.4 is 5.73 Å². The minimum Gasteiger partial charge on any atom is -0.478 e. The molecule has 0 atom stereocenters. The summed E-state index contributed by atoms with van der Waals surface area (Å²) in [6, 6.07) is 1.85. The molecule has 0 aliphatic rings. The van der Waals surface area contributed by atoms with Crippen molar-refractivity contribution in [2.24, 2.45) is 5.73 Å². The summed E-state index contributed by atoms with van der Waals surface area (Å²) in [5.74, 6) is 4.93. The second kappa shape index (κ2) is 6.02. The molecule has 1 rings (SSSR count). The molecular weight excluding hydrogens is 210 g/mol. The highest BCUT2D eigenvalue weighted by atomic mass is 32.1. The Kier molecular flexibility index (Phi) is 4.61. The molecule has 78 valence electrons. The summed E-state index contributed by atoms with van der Waals surface area (Å²) in [4.78, 5) is 11.2. The lowest BCUT2D eigenvalue weighted by molar-refractivity contribution is -0.131. The van der Waals surface area contributed by atoms with Crippen molar-refractivity contribution in [2.75, 3.05) is 6.54 Å². The zero-order valence-electron chi connectivity index (χ0n) is 8.06. The van der Waals surface area contributed by atoms with E-state index in [0.717, 1.165) is 16.5 Å². The van der Waals surface area contributed by atoms with Gasteiger partial charge >= 0.3 is 5.97 Å². The van der Waals surface area contributed by atoms with Gasteiger partial charge in [-0.15, -0.1) is 11.3 Å². The van der Waals surface area contributed by atoms with Gasteiger partial charge in [0.05, 0.1) is 0 Å². The standard InChI is InChI=1S/C11H11NO2S/c12-6-2-1-3-9-7-10(15-8-9)4-5-11(13)14/h4-5,7-8H,2,6,12H2,(H,13,14)/b5-4+. The molecular formula is C11H11NO2S. The van der Waals surface area contributed by atoms with Crippen molar-refractivity contribution in [1.29, 1.82) is 0 Å². The summed E-state index contributed by atoms with van der Waals surface area (Å²) >= 11 is 1.47. The molecule has 0 bridgehead atoms. The van der Waals surface area contributed by atoms with Gasteiger partial charge in [0.15, 0.2) is 0 Å². The number of thiophene rings is 1. The second-order valence-electron chi connectivity index (χ2n) is 2.75. The van der Waals surface area contributed by atoms with Gasteiger partial charge in [-0.25, -0.2) is 4.79 Å². The summed E-state index contributed by atoms with van der Waals surface area (Å²) < 4.78 is 0. The Labute approximate surface area is 92.2 Å². The lowest BCUT2D eigenvalue weighted by atomic mass is 10.3. The van der Waals surface area contributed by atoms with E-state index in [9.17, 15) is 4.79 Å². The van der Waals surface area contributed by atoms with Gasteiger partial charge in [-0.3, -0.25) is 0 Å². The van der Waals surface area contributed by atoms with Crippen LogP contribution in [0.5, 0.6) is 0 Å². The number of carboxylic acid groups (broad SMARTS) is 1. The lowest BCUT2D eigenvalue weighted by Crippen LogP contribution is -1.95. The van der Waals surface area contributed by atoms with Crippen molar-refractivity contribution in [2.45, 2.75) is 6.42 Å². The number of carboxylic acids is 1. The van der Waals surface area contributed by atoms with Gasteiger partial charge in [0.25, 0.3) is 0 Å².